The van der Waals surface area contributed by atoms with Gasteiger partial charge in [-0.3, -0.25) is 9.69 Å². The van der Waals surface area contributed by atoms with Gasteiger partial charge in [-0.2, -0.15) is 5.26 Å². The van der Waals surface area contributed by atoms with Gasteiger partial charge in [0.2, 0.25) is 5.91 Å². The standard InChI is InChI=1S/C16H18ClN3O2/c17-14-7-13(2-1-12(14)8-18)19-15(21)9-20-5-6-22-11-16(10-20)3-4-16/h1-2,7H,3-6,9-11H2,(H,19,21). The summed E-state index contributed by atoms with van der Waals surface area (Å²) in [4.78, 5) is 14.3. The molecule has 1 aromatic carbocycles. The third-order valence-corrected chi connectivity index (χ3v) is 4.53. The molecule has 6 heteroatoms. The maximum atomic E-state index is 12.2. The minimum Gasteiger partial charge on any atom is -0.379 e. The maximum Gasteiger partial charge on any atom is 0.238 e. The Morgan fingerprint density at radius 2 is 2.32 bits per heavy atom. The Bertz CT molecular complexity index is 622. The van der Waals surface area contributed by atoms with Crippen LogP contribution in [0.1, 0.15) is 18.4 Å². The molecule has 1 saturated carbocycles. The number of halogens is 1. The molecule has 1 heterocycles. The van der Waals surface area contributed by atoms with Crippen LogP contribution < -0.4 is 5.32 Å². The first-order valence-corrected chi connectivity index (χ1v) is 7.78. The van der Waals surface area contributed by atoms with Crippen LogP contribution in [0.4, 0.5) is 5.69 Å². The van der Waals surface area contributed by atoms with E-state index < -0.39 is 0 Å². The number of nitriles is 1. The quantitative estimate of drug-likeness (QED) is 0.928. The first kappa shape index (κ1) is 15.3. The number of nitrogens with one attached hydrogen (secondary N) is 1. The zero-order chi connectivity index (χ0) is 15.6. The molecular formula is C16H18ClN3O2. The van der Waals surface area contributed by atoms with Gasteiger partial charge in [0.25, 0.3) is 0 Å². The zero-order valence-corrected chi connectivity index (χ0v) is 13.0. The third-order valence-electron chi connectivity index (χ3n) is 4.22. The summed E-state index contributed by atoms with van der Waals surface area (Å²) in [6, 6.07) is 6.90. The second-order valence-electron chi connectivity index (χ2n) is 6.12. The zero-order valence-electron chi connectivity index (χ0n) is 12.3. The number of carbonyl (C=O) groups is 1. The Labute approximate surface area is 134 Å². The summed E-state index contributed by atoms with van der Waals surface area (Å²) in [5.41, 5.74) is 1.30. The van der Waals surface area contributed by atoms with E-state index in [0.29, 0.717) is 29.4 Å². The lowest BCUT2D eigenvalue weighted by atomic mass is 10.1. The van der Waals surface area contributed by atoms with E-state index in [0.717, 1.165) is 19.7 Å². The maximum absolute atomic E-state index is 12.2. The van der Waals surface area contributed by atoms with Crippen molar-refractivity contribution in [3.8, 4) is 6.07 Å². The normalized spacial score (nSPS) is 20.2. The van der Waals surface area contributed by atoms with Gasteiger partial charge < -0.3 is 10.1 Å². The summed E-state index contributed by atoms with van der Waals surface area (Å²) < 4.78 is 5.62. The highest BCUT2D eigenvalue weighted by Gasteiger charge is 2.45. The smallest absolute Gasteiger partial charge is 0.238 e. The Morgan fingerprint density at radius 3 is 3.00 bits per heavy atom. The number of benzene rings is 1. The van der Waals surface area contributed by atoms with E-state index in [1.165, 1.54) is 12.8 Å². The predicted molar refractivity (Wildman–Crippen MR) is 83.7 cm³/mol. The molecule has 1 N–H and O–H groups in total. The molecule has 1 spiro atoms. The summed E-state index contributed by atoms with van der Waals surface area (Å²) in [6.45, 7) is 3.55. The predicted octanol–water partition coefficient (Wildman–Crippen LogP) is 2.26. The molecule has 0 radical (unpaired) electrons. The van der Waals surface area contributed by atoms with E-state index in [1.54, 1.807) is 18.2 Å². The average Bonchev–Trinajstić information content (AvgIpc) is 3.26. The second kappa shape index (κ2) is 6.25. The second-order valence-corrected chi connectivity index (χ2v) is 6.53. The van der Waals surface area contributed by atoms with E-state index in [9.17, 15) is 4.79 Å². The van der Waals surface area contributed by atoms with Gasteiger partial charge in [-0.05, 0) is 31.0 Å². The van der Waals surface area contributed by atoms with Crippen LogP contribution in [0, 0.1) is 16.7 Å². The van der Waals surface area contributed by atoms with Crippen LogP contribution in [0.15, 0.2) is 18.2 Å². The molecule has 5 nitrogen and oxygen atoms in total. The SMILES string of the molecule is N#Cc1ccc(NC(=O)CN2CCOCC3(CC3)C2)cc1Cl. The molecule has 116 valence electrons. The largest absolute Gasteiger partial charge is 0.379 e. The molecule has 0 aromatic heterocycles. The Hall–Kier alpha value is -1.61. The van der Waals surface area contributed by atoms with Crippen molar-refractivity contribution in [1.82, 2.24) is 4.90 Å². The van der Waals surface area contributed by atoms with Crippen molar-refractivity contribution in [1.29, 1.82) is 5.26 Å². The van der Waals surface area contributed by atoms with Crippen molar-refractivity contribution in [3.05, 3.63) is 28.8 Å². The first-order valence-electron chi connectivity index (χ1n) is 7.40. The van der Waals surface area contributed by atoms with E-state index in [2.05, 4.69) is 10.2 Å². The van der Waals surface area contributed by atoms with Crippen LogP contribution in [0.2, 0.25) is 5.02 Å². The molecule has 2 aliphatic rings. The molecule has 1 aliphatic heterocycles. The minimum absolute atomic E-state index is 0.0709. The van der Waals surface area contributed by atoms with Crippen molar-refractivity contribution in [2.24, 2.45) is 5.41 Å². The van der Waals surface area contributed by atoms with Gasteiger partial charge in [0, 0.05) is 24.2 Å². The van der Waals surface area contributed by atoms with Crippen molar-refractivity contribution in [2.45, 2.75) is 12.8 Å². The summed E-state index contributed by atoms with van der Waals surface area (Å²) in [5, 5.41) is 12.0. The van der Waals surface area contributed by atoms with Gasteiger partial charge in [-0.25, -0.2) is 0 Å². The fourth-order valence-corrected chi connectivity index (χ4v) is 3.01. The summed E-state index contributed by atoms with van der Waals surface area (Å²) >= 11 is 5.97. The van der Waals surface area contributed by atoms with Crippen molar-refractivity contribution in [2.75, 3.05) is 38.2 Å². The summed E-state index contributed by atoms with van der Waals surface area (Å²) in [5.74, 6) is -0.0709. The third kappa shape index (κ3) is 3.58. The Morgan fingerprint density at radius 1 is 1.50 bits per heavy atom. The van der Waals surface area contributed by atoms with Crippen LogP contribution in [0.25, 0.3) is 0 Å². The number of amides is 1. The molecular weight excluding hydrogens is 302 g/mol. The average molecular weight is 320 g/mol. The van der Waals surface area contributed by atoms with Crippen molar-refractivity contribution >= 4 is 23.2 Å². The van der Waals surface area contributed by atoms with Crippen LogP contribution in [-0.4, -0.2) is 43.7 Å². The first-order chi connectivity index (χ1) is 10.6. The minimum atomic E-state index is -0.0709. The number of hydrogen-bond donors (Lipinski definition) is 1. The van der Waals surface area contributed by atoms with Crippen molar-refractivity contribution < 1.29 is 9.53 Å². The molecule has 0 bridgehead atoms. The number of anilines is 1. The van der Waals surface area contributed by atoms with Crippen LogP contribution in [0.5, 0.6) is 0 Å². The van der Waals surface area contributed by atoms with Crippen LogP contribution >= 0.6 is 11.6 Å². The topological polar surface area (TPSA) is 65.4 Å². The molecule has 0 unspecified atom stereocenters. The van der Waals surface area contributed by atoms with Gasteiger partial charge in [-0.15, -0.1) is 0 Å². The summed E-state index contributed by atoms with van der Waals surface area (Å²) in [6.07, 6.45) is 2.38. The molecule has 1 aliphatic carbocycles. The molecule has 1 saturated heterocycles. The molecule has 1 amide bonds. The lowest BCUT2D eigenvalue weighted by Gasteiger charge is -2.22. The van der Waals surface area contributed by atoms with Gasteiger partial charge in [0.1, 0.15) is 6.07 Å². The highest BCUT2D eigenvalue weighted by atomic mass is 35.5. The van der Waals surface area contributed by atoms with E-state index in [4.69, 9.17) is 21.6 Å². The van der Waals surface area contributed by atoms with E-state index in [-0.39, 0.29) is 11.3 Å². The number of ether oxygens (including phenoxy) is 1. The van der Waals surface area contributed by atoms with Crippen LogP contribution in [-0.2, 0) is 9.53 Å². The number of carbonyl (C=O) groups excluding carboxylic acids is 1. The summed E-state index contributed by atoms with van der Waals surface area (Å²) in [7, 11) is 0. The fourth-order valence-electron chi connectivity index (χ4n) is 2.78. The molecule has 3 rings (SSSR count). The highest BCUT2D eigenvalue weighted by Crippen LogP contribution is 2.47. The van der Waals surface area contributed by atoms with E-state index in [1.807, 2.05) is 6.07 Å². The molecule has 2 fully saturated rings. The monoisotopic (exact) mass is 319 g/mol. The Kier molecular flexibility index (Phi) is 4.34. The van der Waals surface area contributed by atoms with Gasteiger partial charge in [0.15, 0.2) is 0 Å². The van der Waals surface area contributed by atoms with Crippen LogP contribution in [0.3, 0.4) is 0 Å². The molecule has 22 heavy (non-hydrogen) atoms. The highest BCUT2D eigenvalue weighted by molar-refractivity contribution is 6.32. The molecule has 0 atom stereocenters. The van der Waals surface area contributed by atoms with Gasteiger partial charge >= 0.3 is 0 Å². The van der Waals surface area contributed by atoms with Gasteiger partial charge in [0.05, 0.1) is 30.3 Å². The number of hydrogen-bond acceptors (Lipinski definition) is 4. The number of nitrogens with zero attached hydrogens (tertiary/aromatic N) is 2. The lowest BCUT2D eigenvalue weighted by Crippen LogP contribution is -2.37. The Balaban J connectivity index is 1.58. The lowest BCUT2D eigenvalue weighted by molar-refractivity contribution is -0.117. The van der Waals surface area contributed by atoms with Crippen molar-refractivity contribution in [3.63, 3.8) is 0 Å². The molecule has 1 aromatic rings. The van der Waals surface area contributed by atoms with Gasteiger partial charge in [-0.1, -0.05) is 11.6 Å². The number of rotatable bonds is 3. The fraction of sp³-hybridized carbons (Fsp3) is 0.500. The van der Waals surface area contributed by atoms with E-state index >= 15 is 0 Å².